The van der Waals surface area contributed by atoms with Crippen molar-refractivity contribution in [2.75, 3.05) is 19.6 Å². The number of hydrogen-bond donors (Lipinski definition) is 1. The summed E-state index contributed by atoms with van der Waals surface area (Å²) >= 11 is 0. The average molecular weight is 114 g/mol. The molecular weight excluding hydrogens is 100 g/mol. The SMILES string of the molecule is CC(CN)N1CCC1. The van der Waals surface area contributed by atoms with E-state index >= 15 is 0 Å². The van der Waals surface area contributed by atoms with Crippen molar-refractivity contribution in [2.45, 2.75) is 19.4 Å². The maximum atomic E-state index is 5.44. The van der Waals surface area contributed by atoms with Crippen LogP contribution in [-0.2, 0) is 0 Å². The number of nitrogens with two attached hydrogens (primary N) is 1. The van der Waals surface area contributed by atoms with Gasteiger partial charge in [-0.2, -0.15) is 0 Å². The molecule has 0 saturated carbocycles. The van der Waals surface area contributed by atoms with Gasteiger partial charge in [0, 0.05) is 12.6 Å². The highest BCUT2D eigenvalue weighted by Gasteiger charge is 2.17. The van der Waals surface area contributed by atoms with Gasteiger partial charge in [0.2, 0.25) is 0 Å². The lowest BCUT2D eigenvalue weighted by Crippen LogP contribution is -2.46. The average Bonchev–Trinajstić information content (AvgIpc) is 1.62. The van der Waals surface area contributed by atoms with Crippen LogP contribution >= 0.6 is 0 Å². The molecule has 0 amide bonds. The Balaban J connectivity index is 2.13. The van der Waals surface area contributed by atoms with Gasteiger partial charge in [-0.1, -0.05) is 0 Å². The van der Waals surface area contributed by atoms with Gasteiger partial charge in [0.05, 0.1) is 0 Å². The molecule has 2 nitrogen and oxygen atoms in total. The van der Waals surface area contributed by atoms with Crippen LogP contribution in [0, 0.1) is 0 Å². The van der Waals surface area contributed by atoms with E-state index in [1.54, 1.807) is 0 Å². The minimum atomic E-state index is 0.615. The van der Waals surface area contributed by atoms with E-state index in [4.69, 9.17) is 5.73 Å². The summed E-state index contributed by atoms with van der Waals surface area (Å²) in [5.41, 5.74) is 5.44. The standard InChI is InChI=1S/C6H14N2/c1-6(5-7)8-3-2-4-8/h6H,2-5,7H2,1H3. The summed E-state index contributed by atoms with van der Waals surface area (Å²) in [5, 5.41) is 0. The van der Waals surface area contributed by atoms with Crippen LogP contribution in [-0.4, -0.2) is 30.6 Å². The van der Waals surface area contributed by atoms with Crippen molar-refractivity contribution < 1.29 is 0 Å². The summed E-state index contributed by atoms with van der Waals surface area (Å²) in [6.07, 6.45) is 1.37. The van der Waals surface area contributed by atoms with E-state index in [0.29, 0.717) is 6.04 Å². The molecule has 48 valence electrons. The molecule has 1 atom stereocenters. The van der Waals surface area contributed by atoms with E-state index in [2.05, 4.69) is 11.8 Å². The van der Waals surface area contributed by atoms with Crippen molar-refractivity contribution in [3.63, 3.8) is 0 Å². The lowest BCUT2D eigenvalue weighted by Gasteiger charge is -2.35. The molecule has 0 aromatic heterocycles. The Labute approximate surface area is 50.7 Å². The Morgan fingerprint density at radius 3 is 2.38 bits per heavy atom. The third kappa shape index (κ3) is 1.01. The Hall–Kier alpha value is -0.0800. The molecule has 1 rings (SSSR count). The molecule has 1 aliphatic heterocycles. The topological polar surface area (TPSA) is 29.3 Å². The van der Waals surface area contributed by atoms with Crippen LogP contribution in [0.25, 0.3) is 0 Å². The first-order valence-electron chi connectivity index (χ1n) is 3.28. The molecule has 2 N–H and O–H groups in total. The smallest absolute Gasteiger partial charge is 0.0190 e. The van der Waals surface area contributed by atoms with Gasteiger partial charge in [0.15, 0.2) is 0 Å². The second-order valence-corrected chi connectivity index (χ2v) is 2.47. The molecule has 1 heterocycles. The molecule has 0 spiro atoms. The van der Waals surface area contributed by atoms with E-state index in [-0.39, 0.29) is 0 Å². The zero-order valence-corrected chi connectivity index (χ0v) is 5.43. The summed E-state index contributed by atoms with van der Waals surface area (Å²) in [4.78, 5) is 2.40. The van der Waals surface area contributed by atoms with E-state index in [9.17, 15) is 0 Å². The van der Waals surface area contributed by atoms with Gasteiger partial charge >= 0.3 is 0 Å². The van der Waals surface area contributed by atoms with Crippen molar-refractivity contribution in [3.05, 3.63) is 0 Å². The number of nitrogens with zero attached hydrogens (tertiary/aromatic N) is 1. The van der Waals surface area contributed by atoms with Crippen LogP contribution in [0.3, 0.4) is 0 Å². The third-order valence-corrected chi connectivity index (χ3v) is 1.86. The molecule has 1 saturated heterocycles. The fourth-order valence-corrected chi connectivity index (χ4v) is 0.931. The first-order valence-corrected chi connectivity index (χ1v) is 3.28. The highest BCUT2D eigenvalue weighted by atomic mass is 15.2. The molecular formula is C6H14N2. The Morgan fingerprint density at radius 2 is 2.25 bits per heavy atom. The van der Waals surface area contributed by atoms with Gasteiger partial charge in [-0.05, 0) is 26.4 Å². The van der Waals surface area contributed by atoms with Gasteiger partial charge in [-0.3, -0.25) is 4.90 Å². The monoisotopic (exact) mass is 114 g/mol. The fourth-order valence-electron chi connectivity index (χ4n) is 0.931. The summed E-state index contributed by atoms with van der Waals surface area (Å²) in [6.45, 7) is 5.51. The normalized spacial score (nSPS) is 24.8. The number of rotatable bonds is 2. The molecule has 1 aliphatic rings. The van der Waals surface area contributed by atoms with E-state index in [1.165, 1.54) is 19.5 Å². The van der Waals surface area contributed by atoms with Crippen molar-refractivity contribution in [1.29, 1.82) is 0 Å². The van der Waals surface area contributed by atoms with Gasteiger partial charge in [-0.15, -0.1) is 0 Å². The first-order chi connectivity index (χ1) is 3.84. The fraction of sp³-hybridized carbons (Fsp3) is 1.00. The second-order valence-electron chi connectivity index (χ2n) is 2.47. The molecule has 8 heavy (non-hydrogen) atoms. The van der Waals surface area contributed by atoms with Crippen LogP contribution in [0.1, 0.15) is 13.3 Å². The Bertz CT molecular complexity index is 66.2. The van der Waals surface area contributed by atoms with Crippen molar-refractivity contribution >= 4 is 0 Å². The highest BCUT2D eigenvalue weighted by Crippen LogP contribution is 2.08. The van der Waals surface area contributed by atoms with Crippen molar-refractivity contribution in [1.82, 2.24) is 4.90 Å². The molecule has 0 radical (unpaired) electrons. The largest absolute Gasteiger partial charge is 0.329 e. The molecule has 0 aliphatic carbocycles. The number of hydrogen-bond acceptors (Lipinski definition) is 2. The van der Waals surface area contributed by atoms with Gasteiger partial charge in [0.1, 0.15) is 0 Å². The van der Waals surface area contributed by atoms with Gasteiger partial charge < -0.3 is 5.73 Å². The maximum Gasteiger partial charge on any atom is 0.0190 e. The minimum absolute atomic E-state index is 0.615. The maximum absolute atomic E-state index is 5.44. The van der Waals surface area contributed by atoms with Gasteiger partial charge in [0.25, 0.3) is 0 Å². The van der Waals surface area contributed by atoms with Crippen LogP contribution in [0.15, 0.2) is 0 Å². The van der Waals surface area contributed by atoms with Crippen LogP contribution < -0.4 is 5.73 Å². The molecule has 0 aromatic carbocycles. The molecule has 1 unspecified atom stereocenters. The predicted molar refractivity (Wildman–Crippen MR) is 34.7 cm³/mol. The molecule has 2 heteroatoms. The lowest BCUT2D eigenvalue weighted by molar-refractivity contribution is 0.132. The minimum Gasteiger partial charge on any atom is -0.329 e. The second kappa shape index (κ2) is 2.46. The van der Waals surface area contributed by atoms with E-state index in [0.717, 1.165) is 6.54 Å². The third-order valence-electron chi connectivity index (χ3n) is 1.86. The summed E-state index contributed by atoms with van der Waals surface area (Å²) in [6, 6.07) is 0.615. The lowest BCUT2D eigenvalue weighted by atomic mass is 10.1. The molecule has 0 aromatic rings. The van der Waals surface area contributed by atoms with Crippen molar-refractivity contribution in [3.8, 4) is 0 Å². The Morgan fingerprint density at radius 1 is 1.62 bits per heavy atom. The van der Waals surface area contributed by atoms with Crippen LogP contribution in [0.5, 0.6) is 0 Å². The predicted octanol–water partition coefficient (Wildman–Crippen LogP) is 0.0393. The van der Waals surface area contributed by atoms with E-state index in [1.807, 2.05) is 0 Å². The summed E-state index contributed by atoms with van der Waals surface area (Å²) in [5.74, 6) is 0. The first kappa shape index (κ1) is 6.05. The summed E-state index contributed by atoms with van der Waals surface area (Å²) < 4.78 is 0. The van der Waals surface area contributed by atoms with Crippen molar-refractivity contribution in [2.24, 2.45) is 5.73 Å². The zero-order chi connectivity index (χ0) is 5.98. The van der Waals surface area contributed by atoms with E-state index < -0.39 is 0 Å². The summed E-state index contributed by atoms with van der Waals surface area (Å²) in [7, 11) is 0. The quantitative estimate of drug-likeness (QED) is 0.549. The Kier molecular flexibility index (Phi) is 1.86. The van der Waals surface area contributed by atoms with Gasteiger partial charge in [-0.25, -0.2) is 0 Å². The van der Waals surface area contributed by atoms with Crippen LogP contribution in [0.2, 0.25) is 0 Å². The highest BCUT2D eigenvalue weighted by molar-refractivity contribution is 4.74. The molecule has 0 bridgehead atoms. The zero-order valence-electron chi connectivity index (χ0n) is 5.43. The van der Waals surface area contributed by atoms with Crippen LogP contribution in [0.4, 0.5) is 0 Å². The number of likely N-dealkylation sites (tertiary alicyclic amines) is 1. The molecule has 1 fully saturated rings.